The second kappa shape index (κ2) is 5.33. The standard InChI is InChI=1S/C19H18N2/c1-13-7-8-15(14-5-3-2-4-6-14)11-17(13)18-12-16(20)9-10-19(18)21/h2-12H,20-21H2,1H3. The lowest BCUT2D eigenvalue weighted by Crippen LogP contribution is -1.95. The molecule has 0 aliphatic heterocycles. The molecule has 21 heavy (non-hydrogen) atoms. The second-order valence-corrected chi connectivity index (χ2v) is 5.24. The third-order valence-corrected chi connectivity index (χ3v) is 3.71. The first-order valence-corrected chi connectivity index (χ1v) is 6.96. The fourth-order valence-corrected chi connectivity index (χ4v) is 2.53. The molecule has 0 unspecified atom stereocenters. The largest absolute Gasteiger partial charge is 0.399 e. The zero-order chi connectivity index (χ0) is 14.8. The van der Waals surface area contributed by atoms with Crippen LogP contribution in [0.2, 0.25) is 0 Å². The Hall–Kier alpha value is -2.74. The number of hydrogen-bond acceptors (Lipinski definition) is 2. The topological polar surface area (TPSA) is 52.0 Å². The Balaban J connectivity index is 2.17. The van der Waals surface area contributed by atoms with Crippen molar-refractivity contribution >= 4 is 11.4 Å². The molecule has 0 radical (unpaired) electrons. The summed E-state index contributed by atoms with van der Waals surface area (Å²) in [6, 6.07) is 22.4. The molecule has 104 valence electrons. The van der Waals surface area contributed by atoms with Crippen molar-refractivity contribution in [3.63, 3.8) is 0 Å². The van der Waals surface area contributed by atoms with E-state index in [0.29, 0.717) is 0 Å². The third kappa shape index (κ3) is 2.61. The highest BCUT2D eigenvalue weighted by Crippen LogP contribution is 2.33. The van der Waals surface area contributed by atoms with E-state index in [0.717, 1.165) is 22.5 Å². The lowest BCUT2D eigenvalue weighted by Gasteiger charge is -2.12. The predicted molar refractivity (Wildman–Crippen MR) is 90.9 cm³/mol. The van der Waals surface area contributed by atoms with Gasteiger partial charge in [0.2, 0.25) is 0 Å². The van der Waals surface area contributed by atoms with Crippen LogP contribution >= 0.6 is 0 Å². The second-order valence-electron chi connectivity index (χ2n) is 5.24. The van der Waals surface area contributed by atoms with Crippen molar-refractivity contribution in [2.24, 2.45) is 0 Å². The van der Waals surface area contributed by atoms with Crippen LogP contribution in [0.25, 0.3) is 22.3 Å². The van der Waals surface area contributed by atoms with Crippen LogP contribution in [0.15, 0.2) is 66.7 Å². The van der Waals surface area contributed by atoms with E-state index in [-0.39, 0.29) is 0 Å². The van der Waals surface area contributed by atoms with Gasteiger partial charge in [-0.25, -0.2) is 0 Å². The van der Waals surface area contributed by atoms with E-state index in [1.165, 1.54) is 16.7 Å². The van der Waals surface area contributed by atoms with Crippen molar-refractivity contribution in [2.45, 2.75) is 6.92 Å². The summed E-state index contributed by atoms with van der Waals surface area (Å²) in [7, 11) is 0. The summed E-state index contributed by atoms with van der Waals surface area (Å²) in [4.78, 5) is 0. The molecule has 2 heteroatoms. The van der Waals surface area contributed by atoms with E-state index in [1.54, 1.807) is 0 Å². The number of nitrogen functional groups attached to an aromatic ring is 2. The highest BCUT2D eigenvalue weighted by atomic mass is 14.6. The zero-order valence-electron chi connectivity index (χ0n) is 12.0. The molecular formula is C19H18N2. The summed E-state index contributed by atoms with van der Waals surface area (Å²) < 4.78 is 0. The van der Waals surface area contributed by atoms with Gasteiger partial charge in [-0.3, -0.25) is 0 Å². The lowest BCUT2D eigenvalue weighted by atomic mass is 9.94. The smallest absolute Gasteiger partial charge is 0.0395 e. The van der Waals surface area contributed by atoms with Crippen LogP contribution in [0.4, 0.5) is 11.4 Å². The Morgan fingerprint density at radius 1 is 0.667 bits per heavy atom. The van der Waals surface area contributed by atoms with Gasteiger partial charge in [-0.1, -0.05) is 42.5 Å². The molecule has 3 aromatic carbocycles. The zero-order valence-corrected chi connectivity index (χ0v) is 12.0. The first-order valence-electron chi connectivity index (χ1n) is 6.96. The molecule has 0 bridgehead atoms. The highest BCUT2D eigenvalue weighted by Gasteiger charge is 2.08. The monoisotopic (exact) mass is 274 g/mol. The minimum atomic E-state index is 0.726. The number of aryl methyl sites for hydroxylation is 1. The van der Waals surface area contributed by atoms with E-state index in [1.807, 2.05) is 36.4 Å². The van der Waals surface area contributed by atoms with Crippen LogP contribution in [-0.2, 0) is 0 Å². The molecule has 4 N–H and O–H groups in total. The van der Waals surface area contributed by atoms with Gasteiger partial charge in [0.1, 0.15) is 0 Å². The average molecular weight is 274 g/mol. The van der Waals surface area contributed by atoms with Crippen LogP contribution in [-0.4, -0.2) is 0 Å². The lowest BCUT2D eigenvalue weighted by molar-refractivity contribution is 1.45. The molecule has 3 rings (SSSR count). The molecule has 0 fully saturated rings. The highest BCUT2D eigenvalue weighted by molar-refractivity contribution is 5.84. The fourth-order valence-electron chi connectivity index (χ4n) is 2.53. The summed E-state index contributed by atoms with van der Waals surface area (Å²) in [6.07, 6.45) is 0. The molecule has 0 aliphatic carbocycles. The third-order valence-electron chi connectivity index (χ3n) is 3.71. The summed E-state index contributed by atoms with van der Waals surface area (Å²) in [6.45, 7) is 2.09. The van der Waals surface area contributed by atoms with Crippen LogP contribution in [0.3, 0.4) is 0 Å². The van der Waals surface area contributed by atoms with Crippen molar-refractivity contribution in [2.75, 3.05) is 11.5 Å². The van der Waals surface area contributed by atoms with Gasteiger partial charge in [-0.15, -0.1) is 0 Å². The molecule has 0 amide bonds. The quantitative estimate of drug-likeness (QED) is 0.676. The van der Waals surface area contributed by atoms with Gasteiger partial charge in [0.05, 0.1) is 0 Å². The van der Waals surface area contributed by atoms with Crippen molar-refractivity contribution in [3.05, 3.63) is 72.3 Å². The van der Waals surface area contributed by atoms with Crippen molar-refractivity contribution < 1.29 is 0 Å². The molecule has 3 aromatic rings. The number of rotatable bonds is 2. The van der Waals surface area contributed by atoms with E-state index in [9.17, 15) is 0 Å². The van der Waals surface area contributed by atoms with Gasteiger partial charge < -0.3 is 11.5 Å². The number of hydrogen-bond donors (Lipinski definition) is 2. The normalized spacial score (nSPS) is 10.5. The van der Waals surface area contributed by atoms with Gasteiger partial charge in [0.15, 0.2) is 0 Å². The van der Waals surface area contributed by atoms with Gasteiger partial charge in [-0.2, -0.15) is 0 Å². The van der Waals surface area contributed by atoms with Gasteiger partial charge >= 0.3 is 0 Å². The molecule has 0 aliphatic rings. The minimum absolute atomic E-state index is 0.726. The number of nitrogens with two attached hydrogens (primary N) is 2. The Morgan fingerprint density at radius 3 is 2.19 bits per heavy atom. The van der Waals surface area contributed by atoms with Crippen LogP contribution in [0, 0.1) is 6.92 Å². The molecule has 2 nitrogen and oxygen atoms in total. The van der Waals surface area contributed by atoms with Gasteiger partial charge in [0.25, 0.3) is 0 Å². The Bertz CT molecular complexity index is 777. The Morgan fingerprint density at radius 2 is 1.43 bits per heavy atom. The van der Waals surface area contributed by atoms with Crippen LogP contribution < -0.4 is 11.5 Å². The van der Waals surface area contributed by atoms with E-state index >= 15 is 0 Å². The summed E-state index contributed by atoms with van der Waals surface area (Å²) in [5.41, 5.74) is 19.2. The summed E-state index contributed by atoms with van der Waals surface area (Å²) in [5, 5.41) is 0. The SMILES string of the molecule is Cc1ccc(-c2ccccc2)cc1-c1cc(N)ccc1N. The van der Waals surface area contributed by atoms with E-state index in [2.05, 4.69) is 37.3 Å². The molecule has 0 aromatic heterocycles. The van der Waals surface area contributed by atoms with Crippen molar-refractivity contribution in [1.82, 2.24) is 0 Å². The first-order chi connectivity index (χ1) is 10.1. The summed E-state index contributed by atoms with van der Waals surface area (Å²) >= 11 is 0. The maximum absolute atomic E-state index is 6.12. The van der Waals surface area contributed by atoms with Crippen LogP contribution in [0.5, 0.6) is 0 Å². The first kappa shape index (κ1) is 13.3. The number of benzene rings is 3. The van der Waals surface area contributed by atoms with Crippen molar-refractivity contribution in [1.29, 1.82) is 0 Å². The van der Waals surface area contributed by atoms with E-state index in [4.69, 9.17) is 11.5 Å². The average Bonchev–Trinajstić information content (AvgIpc) is 2.51. The van der Waals surface area contributed by atoms with Crippen molar-refractivity contribution in [3.8, 4) is 22.3 Å². The molecule has 0 heterocycles. The molecule has 0 saturated heterocycles. The number of anilines is 2. The van der Waals surface area contributed by atoms with Crippen LogP contribution in [0.1, 0.15) is 5.56 Å². The molecular weight excluding hydrogens is 256 g/mol. The Kier molecular flexibility index (Phi) is 3.36. The molecule has 0 saturated carbocycles. The maximum Gasteiger partial charge on any atom is 0.0395 e. The predicted octanol–water partition coefficient (Wildman–Crippen LogP) is 4.49. The summed E-state index contributed by atoms with van der Waals surface area (Å²) in [5.74, 6) is 0. The van der Waals surface area contributed by atoms with Gasteiger partial charge in [0, 0.05) is 16.9 Å². The molecule has 0 spiro atoms. The Labute approximate surface area is 125 Å². The minimum Gasteiger partial charge on any atom is -0.399 e. The molecule has 0 atom stereocenters. The fraction of sp³-hybridized carbons (Fsp3) is 0.0526. The maximum atomic E-state index is 6.12. The van der Waals surface area contributed by atoms with Gasteiger partial charge in [-0.05, 0) is 53.4 Å². The van der Waals surface area contributed by atoms with E-state index < -0.39 is 0 Å².